The lowest BCUT2D eigenvalue weighted by molar-refractivity contribution is 0.104. The molecule has 3 aromatic carbocycles. The monoisotopic (exact) mass is 421 g/mol. The van der Waals surface area contributed by atoms with Gasteiger partial charge in [-0.05, 0) is 53.6 Å². The number of hydrogen-bond donors (Lipinski definition) is 0. The first-order valence-corrected chi connectivity index (χ1v) is 10.8. The Bertz CT molecular complexity index is 1140. The van der Waals surface area contributed by atoms with Crippen molar-refractivity contribution >= 4 is 21.9 Å². The topological polar surface area (TPSA) is 63.7 Å². The standard InChI is InChI=1S/C24H23NO4S/c1-25(2)30(27,28)23-14-12-21(13-15-23)24(26)16-11-19-9-6-10-22(17-19)29-18-20-7-4-3-5-8-20/h3-17H,18H2,1-2H3. The second-order valence-electron chi connectivity index (χ2n) is 6.86. The van der Waals surface area contributed by atoms with Crippen LogP contribution in [-0.4, -0.2) is 32.6 Å². The van der Waals surface area contributed by atoms with E-state index in [-0.39, 0.29) is 10.7 Å². The summed E-state index contributed by atoms with van der Waals surface area (Å²) in [7, 11) is -0.581. The Balaban J connectivity index is 1.66. The number of sulfonamides is 1. The summed E-state index contributed by atoms with van der Waals surface area (Å²) >= 11 is 0. The van der Waals surface area contributed by atoms with Crippen molar-refractivity contribution in [2.75, 3.05) is 14.1 Å². The van der Waals surface area contributed by atoms with Crippen LogP contribution >= 0.6 is 0 Å². The number of carbonyl (C=O) groups is 1. The molecule has 0 N–H and O–H groups in total. The molecule has 5 nitrogen and oxygen atoms in total. The molecule has 0 amide bonds. The fraction of sp³-hybridized carbons (Fsp3) is 0.125. The molecular formula is C24H23NO4S. The van der Waals surface area contributed by atoms with Gasteiger partial charge in [-0.3, -0.25) is 4.79 Å². The highest BCUT2D eigenvalue weighted by Gasteiger charge is 2.17. The molecule has 0 aliphatic carbocycles. The average molecular weight is 422 g/mol. The Hall–Kier alpha value is -3.22. The molecule has 0 bridgehead atoms. The van der Waals surface area contributed by atoms with Crippen LogP contribution in [-0.2, 0) is 16.6 Å². The molecular weight excluding hydrogens is 398 g/mol. The third kappa shape index (κ3) is 5.43. The van der Waals surface area contributed by atoms with Gasteiger partial charge in [-0.15, -0.1) is 0 Å². The Morgan fingerprint density at radius 3 is 2.30 bits per heavy atom. The van der Waals surface area contributed by atoms with Crippen molar-refractivity contribution in [2.24, 2.45) is 0 Å². The Labute approximate surface area is 177 Å². The van der Waals surface area contributed by atoms with E-state index in [1.165, 1.54) is 44.4 Å². The molecule has 3 rings (SSSR count). The molecule has 6 heteroatoms. The summed E-state index contributed by atoms with van der Waals surface area (Å²) in [4.78, 5) is 12.6. The van der Waals surface area contributed by atoms with Gasteiger partial charge in [0.1, 0.15) is 12.4 Å². The van der Waals surface area contributed by atoms with Crippen LogP contribution in [0.3, 0.4) is 0 Å². The van der Waals surface area contributed by atoms with Gasteiger partial charge in [0.2, 0.25) is 10.0 Å². The molecule has 0 fully saturated rings. The minimum absolute atomic E-state index is 0.149. The largest absolute Gasteiger partial charge is 0.489 e. The number of allylic oxidation sites excluding steroid dienone is 1. The molecule has 3 aromatic rings. The maximum Gasteiger partial charge on any atom is 0.242 e. The lowest BCUT2D eigenvalue weighted by Gasteiger charge is -2.11. The average Bonchev–Trinajstić information content (AvgIpc) is 2.77. The normalized spacial score (nSPS) is 11.7. The van der Waals surface area contributed by atoms with E-state index in [1.807, 2.05) is 54.6 Å². The maximum atomic E-state index is 12.4. The van der Waals surface area contributed by atoms with Crippen molar-refractivity contribution in [3.8, 4) is 5.75 Å². The highest BCUT2D eigenvalue weighted by molar-refractivity contribution is 7.89. The fourth-order valence-electron chi connectivity index (χ4n) is 2.72. The molecule has 0 saturated heterocycles. The molecule has 30 heavy (non-hydrogen) atoms. The van der Waals surface area contributed by atoms with E-state index < -0.39 is 10.0 Å². The van der Waals surface area contributed by atoms with Crippen LogP contribution in [0.4, 0.5) is 0 Å². The van der Waals surface area contributed by atoms with Gasteiger partial charge in [0.15, 0.2) is 5.78 Å². The van der Waals surface area contributed by atoms with Crippen LogP contribution in [0.2, 0.25) is 0 Å². The molecule has 0 spiro atoms. The summed E-state index contributed by atoms with van der Waals surface area (Å²) in [6.45, 7) is 0.467. The summed E-state index contributed by atoms with van der Waals surface area (Å²) in [5.41, 5.74) is 2.33. The van der Waals surface area contributed by atoms with E-state index >= 15 is 0 Å². The van der Waals surface area contributed by atoms with Crippen molar-refractivity contribution in [1.82, 2.24) is 4.31 Å². The van der Waals surface area contributed by atoms with Gasteiger partial charge in [-0.1, -0.05) is 48.5 Å². The zero-order chi connectivity index (χ0) is 21.6. The molecule has 0 saturated carbocycles. The Morgan fingerprint density at radius 1 is 0.933 bits per heavy atom. The lowest BCUT2D eigenvalue weighted by atomic mass is 10.1. The number of carbonyl (C=O) groups excluding carboxylic acids is 1. The highest BCUT2D eigenvalue weighted by atomic mass is 32.2. The molecule has 0 radical (unpaired) electrons. The van der Waals surface area contributed by atoms with E-state index in [9.17, 15) is 13.2 Å². The quantitative estimate of drug-likeness (QED) is 0.399. The van der Waals surface area contributed by atoms with E-state index in [0.717, 1.165) is 15.4 Å². The van der Waals surface area contributed by atoms with E-state index in [4.69, 9.17) is 4.74 Å². The molecule has 0 aromatic heterocycles. The highest BCUT2D eigenvalue weighted by Crippen LogP contribution is 2.18. The van der Waals surface area contributed by atoms with Crippen molar-refractivity contribution < 1.29 is 17.9 Å². The number of rotatable bonds is 8. The van der Waals surface area contributed by atoms with Gasteiger partial charge in [-0.2, -0.15) is 0 Å². The van der Waals surface area contributed by atoms with E-state index in [2.05, 4.69) is 0 Å². The predicted molar refractivity (Wildman–Crippen MR) is 118 cm³/mol. The van der Waals surface area contributed by atoms with Crippen LogP contribution in [0.15, 0.2) is 89.8 Å². The van der Waals surface area contributed by atoms with Gasteiger partial charge in [0.05, 0.1) is 4.90 Å². The fourth-order valence-corrected chi connectivity index (χ4v) is 3.62. The molecule has 0 unspecified atom stereocenters. The molecule has 0 atom stereocenters. The summed E-state index contributed by atoms with van der Waals surface area (Å²) in [5.74, 6) is 0.506. The van der Waals surface area contributed by atoms with Gasteiger partial charge in [0, 0.05) is 19.7 Å². The zero-order valence-corrected chi connectivity index (χ0v) is 17.7. The van der Waals surface area contributed by atoms with E-state index in [1.54, 1.807) is 6.08 Å². The third-order valence-corrected chi connectivity index (χ3v) is 6.28. The summed E-state index contributed by atoms with van der Waals surface area (Å²) in [6.07, 6.45) is 3.17. The number of ether oxygens (including phenoxy) is 1. The van der Waals surface area contributed by atoms with Gasteiger partial charge >= 0.3 is 0 Å². The van der Waals surface area contributed by atoms with Crippen LogP contribution < -0.4 is 4.74 Å². The predicted octanol–water partition coefficient (Wildman–Crippen LogP) is 4.41. The number of ketones is 1. The first kappa shape index (κ1) is 21.5. The summed E-state index contributed by atoms with van der Waals surface area (Å²) < 4.78 is 31.2. The van der Waals surface area contributed by atoms with Crippen molar-refractivity contribution in [1.29, 1.82) is 0 Å². The summed E-state index contributed by atoms with van der Waals surface area (Å²) in [6, 6.07) is 23.3. The Kier molecular flexibility index (Phi) is 6.82. The second-order valence-corrected chi connectivity index (χ2v) is 9.01. The first-order valence-electron chi connectivity index (χ1n) is 9.38. The second kappa shape index (κ2) is 9.52. The van der Waals surface area contributed by atoms with Crippen molar-refractivity contribution in [3.63, 3.8) is 0 Å². The molecule has 0 heterocycles. The minimum atomic E-state index is -3.51. The molecule has 154 valence electrons. The maximum absolute atomic E-state index is 12.4. The SMILES string of the molecule is CN(C)S(=O)(=O)c1ccc(C(=O)C=Cc2cccc(OCc3ccccc3)c2)cc1. The van der Waals surface area contributed by atoms with Crippen molar-refractivity contribution in [3.05, 3.63) is 102 Å². The lowest BCUT2D eigenvalue weighted by Crippen LogP contribution is -2.22. The first-order chi connectivity index (χ1) is 14.4. The van der Waals surface area contributed by atoms with Crippen LogP contribution in [0, 0.1) is 0 Å². The molecule has 0 aliphatic heterocycles. The zero-order valence-electron chi connectivity index (χ0n) is 16.9. The summed E-state index contributed by atoms with van der Waals surface area (Å²) in [5, 5.41) is 0. The van der Waals surface area contributed by atoms with E-state index in [0.29, 0.717) is 17.9 Å². The van der Waals surface area contributed by atoms with Gasteiger partial charge in [0.25, 0.3) is 0 Å². The van der Waals surface area contributed by atoms with Gasteiger partial charge in [-0.25, -0.2) is 12.7 Å². The molecule has 0 aliphatic rings. The number of hydrogen-bond acceptors (Lipinski definition) is 4. The Morgan fingerprint density at radius 2 is 1.63 bits per heavy atom. The van der Waals surface area contributed by atoms with Crippen LogP contribution in [0.25, 0.3) is 6.08 Å². The van der Waals surface area contributed by atoms with Gasteiger partial charge < -0.3 is 4.74 Å². The number of nitrogens with zero attached hydrogens (tertiary/aromatic N) is 1. The van der Waals surface area contributed by atoms with Crippen LogP contribution in [0.5, 0.6) is 5.75 Å². The number of benzene rings is 3. The smallest absolute Gasteiger partial charge is 0.242 e. The minimum Gasteiger partial charge on any atom is -0.489 e. The third-order valence-electron chi connectivity index (χ3n) is 4.45. The van der Waals surface area contributed by atoms with Crippen molar-refractivity contribution in [2.45, 2.75) is 11.5 Å². The van der Waals surface area contributed by atoms with Crippen LogP contribution in [0.1, 0.15) is 21.5 Å².